The van der Waals surface area contributed by atoms with Gasteiger partial charge in [0.25, 0.3) is 0 Å². The monoisotopic (exact) mass is 308 g/mol. The largest absolute Gasteiger partial charge is 0.338 e. The highest BCUT2D eigenvalue weighted by molar-refractivity contribution is 5.74. The molecule has 1 atom stereocenters. The molecule has 2 N–H and O–H groups in total. The van der Waals surface area contributed by atoms with Crippen LogP contribution in [0.1, 0.15) is 30.9 Å². The molecule has 118 valence electrons. The van der Waals surface area contributed by atoms with E-state index in [2.05, 4.69) is 15.6 Å². The first-order chi connectivity index (χ1) is 10.6. The maximum absolute atomic E-state index is 12.9. The minimum absolute atomic E-state index is 0.179. The molecule has 0 saturated carbocycles. The van der Waals surface area contributed by atoms with Crippen molar-refractivity contribution in [2.45, 2.75) is 25.9 Å². The number of hydrogen-bond donors (Lipinski definition) is 2. The Morgan fingerprint density at radius 1 is 1.32 bits per heavy atom. The number of halogens is 2. The van der Waals surface area contributed by atoms with E-state index in [1.165, 1.54) is 12.4 Å². The zero-order valence-corrected chi connectivity index (χ0v) is 12.2. The quantitative estimate of drug-likeness (QED) is 0.862. The summed E-state index contributed by atoms with van der Waals surface area (Å²) < 4.78 is 26.6. The van der Waals surface area contributed by atoms with Crippen molar-refractivity contribution in [1.29, 1.82) is 0 Å². The third kappa shape index (κ3) is 4.03. The Kier molecular flexibility index (Phi) is 5.46. The zero-order valence-electron chi connectivity index (χ0n) is 12.2. The molecule has 0 aliphatic heterocycles. The summed E-state index contributed by atoms with van der Waals surface area (Å²) in [7, 11) is 0. The van der Waals surface area contributed by atoms with Gasteiger partial charge in [-0.2, -0.15) is 8.78 Å². The normalized spacial score (nSPS) is 12.2. The number of imidazole rings is 1. The summed E-state index contributed by atoms with van der Waals surface area (Å²) in [6, 6.07) is 8.42. The number of rotatable bonds is 6. The van der Waals surface area contributed by atoms with E-state index < -0.39 is 12.6 Å². The maximum Gasteiger partial charge on any atom is 0.319 e. The highest BCUT2D eigenvalue weighted by atomic mass is 19.3. The Labute approximate surface area is 127 Å². The van der Waals surface area contributed by atoms with Crippen LogP contribution in [0.3, 0.4) is 0 Å². The van der Waals surface area contributed by atoms with E-state index in [1.807, 2.05) is 30.3 Å². The van der Waals surface area contributed by atoms with Crippen molar-refractivity contribution in [3.8, 4) is 0 Å². The van der Waals surface area contributed by atoms with E-state index in [0.29, 0.717) is 6.54 Å². The van der Waals surface area contributed by atoms with E-state index in [4.69, 9.17) is 0 Å². The molecular formula is C15H18F2N4O. The first-order valence-electron chi connectivity index (χ1n) is 7.01. The summed E-state index contributed by atoms with van der Waals surface area (Å²) in [4.78, 5) is 15.7. The van der Waals surface area contributed by atoms with Gasteiger partial charge in [0, 0.05) is 25.4 Å². The van der Waals surface area contributed by atoms with Crippen LogP contribution in [0, 0.1) is 0 Å². The number of amides is 2. The van der Waals surface area contributed by atoms with E-state index in [9.17, 15) is 13.6 Å². The Balaban J connectivity index is 2.21. The van der Waals surface area contributed by atoms with Gasteiger partial charge in [-0.1, -0.05) is 30.3 Å². The average molecular weight is 308 g/mol. The third-order valence-corrected chi connectivity index (χ3v) is 3.19. The predicted molar refractivity (Wildman–Crippen MR) is 78.6 cm³/mol. The molecule has 0 fully saturated rings. The molecule has 0 radical (unpaired) electrons. The lowest BCUT2D eigenvalue weighted by atomic mass is 10.0. The number of aromatic nitrogens is 2. The second-order valence-electron chi connectivity index (χ2n) is 4.70. The van der Waals surface area contributed by atoms with Gasteiger partial charge in [-0.15, -0.1) is 0 Å². The molecule has 2 rings (SSSR count). The smallest absolute Gasteiger partial charge is 0.319 e. The molecule has 7 heteroatoms. The van der Waals surface area contributed by atoms with E-state index in [-0.39, 0.29) is 18.3 Å². The van der Waals surface area contributed by atoms with E-state index in [0.717, 1.165) is 10.1 Å². The van der Waals surface area contributed by atoms with Crippen molar-refractivity contribution in [3.63, 3.8) is 0 Å². The fraction of sp³-hybridized carbons (Fsp3) is 0.333. The molecule has 2 amide bonds. The molecule has 1 aromatic heterocycles. The Morgan fingerprint density at radius 3 is 2.68 bits per heavy atom. The molecule has 0 aliphatic rings. The van der Waals surface area contributed by atoms with Gasteiger partial charge in [-0.25, -0.2) is 9.78 Å². The molecule has 0 aliphatic carbocycles. The first kappa shape index (κ1) is 15.9. The van der Waals surface area contributed by atoms with Gasteiger partial charge in [0.15, 0.2) is 0 Å². The number of nitrogens with one attached hydrogen (secondary N) is 2. The number of hydrogen-bond acceptors (Lipinski definition) is 2. The van der Waals surface area contributed by atoms with Gasteiger partial charge in [0.2, 0.25) is 0 Å². The predicted octanol–water partition coefficient (Wildman–Crippen LogP) is 2.88. The van der Waals surface area contributed by atoms with Crippen LogP contribution in [0.4, 0.5) is 13.6 Å². The van der Waals surface area contributed by atoms with Gasteiger partial charge in [-0.3, -0.25) is 4.57 Å². The van der Waals surface area contributed by atoms with Crippen molar-refractivity contribution >= 4 is 6.03 Å². The van der Waals surface area contributed by atoms with Crippen LogP contribution in [-0.2, 0) is 6.42 Å². The fourth-order valence-corrected chi connectivity index (χ4v) is 2.17. The van der Waals surface area contributed by atoms with Crippen molar-refractivity contribution in [2.24, 2.45) is 0 Å². The number of benzene rings is 1. The van der Waals surface area contributed by atoms with Crippen LogP contribution in [0.5, 0.6) is 0 Å². The summed E-state index contributed by atoms with van der Waals surface area (Å²) in [6.07, 6.45) is 2.74. The van der Waals surface area contributed by atoms with Gasteiger partial charge in [-0.05, 0) is 12.5 Å². The van der Waals surface area contributed by atoms with Crippen LogP contribution >= 0.6 is 0 Å². The lowest BCUT2D eigenvalue weighted by molar-refractivity contribution is 0.0666. The van der Waals surface area contributed by atoms with Crippen LogP contribution < -0.4 is 10.6 Å². The van der Waals surface area contributed by atoms with Crippen molar-refractivity contribution < 1.29 is 13.6 Å². The summed E-state index contributed by atoms with van der Waals surface area (Å²) in [5.74, 6) is 0.223. The summed E-state index contributed by atoms with van der Waals surface area (Å²) >= 11 is 0. The number of carbonyl (C=O) groups excluding carboxylic acids is 1. The SMILES string of the molecule is CCNC(=O)NC(Cc1nccn1C(F)F)c1ccccc1. The molecule has 1 aromatic carbocycles. The first-order valence-corrected chi connectivity index (χ1v) is 7.01. The van der Waals surface area contributed by atoms with Crippen LogP contribution in [0.2, 0.25) is 0 Å². The van der Waals surface area contributed by atoms with Crippen LogP contribution in [0.25, 0.3) is 0 Å². The van der Waals surface area contributed by atoms with Crippen molar-refractivity contribution in [1.82, 2.24) is 20.2 Å². The van der Waals surface area contributed by atoms with Crippen LogP contribution in [0.15, 0.2) is 42.7 Å². The zero-order chi connectivity index (χ0) is 15.9. The van der Waals surface area contributed by atoms with Gasteiger partial charge >= 0.3 is 12.6 Å². The molecule has 0 bridgehead atoms. The molecule has 0 spiro atoms. The second kappa shape index (κ2) is 7.53. The summed E-state index contributed by atoms with van der Waals surface area (Å²) in [5.41, 5.74) is 0.831. The standard InChI is InChI=1S/C15H18F2N4O/c1-2-18-15(22)20-12(11-6-4-3-5-7-11)10-13-19-8-9-21(13)14(16)17/h3-9,12,14H,2,10H2,1H3,(H2,18,20,22). The fourth-order valence-electron chi connectivity index (χ4n) is 2.17. The second-order valence-corrected chi connectivity index (χ2v) is 4.70. The molecule has 5 nitrogen and oxygen atoms in total. The Hall–Kier alpha value is -2.44. The number of alkyl halides is 2. The van der Waals surface area contributed by atoms with E-state index in [1.54, 1.807) is 6.92 Å². The maximum atomic E-state index is 12.9. The lowest BCUT2D eigenvalue weighted by Crippen LogP contribution is -2.38. The summed E-state index contributed by atoms with van der Waals surface area (Å²) in [6.45, 7) is -0.363. The molecule has 0 saturated heterocycles. The minimum Gasteiger partial charge on any atom is -0.338 e. The molecule has 22 heavy (non-hydrogen) atoms. The molecule has 1 heterocycles. The van der Waals surface area contributed by atoms with Gasteiger partial charge in [0.05, 0.1) is 6.04 Å². The highest BCUT2D eigenvalue weighted by Gasteiger charge is 2.19. The molecule has 1 unspecified atom stereocenters. The average Bonchev–Trinajstić information content (AvgIpc) is 2.96. The minimum atomic E-state index is -2.65. The van der Waals surface area contributed by atoms with Crippen molar-refractivity contribution in [3.05, 3.63) is 54.1 Å². The summed E-state index contributed by atoms with van der Waals surface area (Å²) in [5, 5.41) is 5.43. The Morgan fingerprint density at radius 2 is 2.05 bits per heavy atom. The Bertz CT molecular complexity index is 601. The number of carbonyl (C=O) groups is 1. The molecular weight excluding hydrogens is 290 g/mol. The van der Waals surface area contributed by atoms with Gasteiger partial charge in [0.1, 0.15) is 5.82 Å². The highest BCUT2D eigenvalue weighted by Crippen LogP contribution is 2.20. The van der Waals surface area contributed by atoms with E-state index >= 15 is 0 Å². The number of urea groups is 1. The topological polar surface area (TPSA) is 59.0 Å². The number of nitrogens with zero attached hydrogens (tertiary/aromatic N) is 2. The third-order valence-electron chi connectivity index (χ3n) is 3.19. The lowest BCUT2D eigenvalue weighted by Gasteiger charge is -2.19. The van der Waals surface area contributed by atoms with Crippen molar-refractivity contribution in [2.75, 3.05) is 6.54 Å². The molecule has 2 aromatic rings. The van der Waals surface area contributed by atoms with Gasteiger partial charge < -0.3 is 10.6 Å². The van der Waals surface area contributed by atoms with Crippen LogP contribution in [-0.4, -0.2) is 22.1 Å².